The maximum atomic E-state index is 12.2. The molecule has 100 valence electrons. The van der Waals surface area contributed by atoms with E-state index in [1.165, 1.54) is 0 Å². The fourth-order valence-corrected chi connectivity index (χ4v) is 2.22. The highest BCUT2D eigenvalue weighted by Gasteiger charge is 2.13. The first-order valence-electron chi connectivity index (χ1n) is 6.10. The molecule has 0 saturated heterocycles. The number of aromatic nitrogens is 2. The first kappa shape index (κ1) is 14.1. The summed E-state index contributed by atoms with van der Waals surface area (Å²) in [5.74, 6) is 0.477. The van der Waals surface area contributed by atoms with E-state index in [9.17, 15) is 4.79 Å². The Balaban J connectivity index is 2.16. The van der Waals surface area contributed by atoms with Crippen LogP contribution in [-0.2, 0) is 13.0 Å². The average Bonchev–Trinajstić information content (AvgIpc) is 2.83. The lowest BCUT2D eigenvalue weighted by Gasteiger charge is -2.06. The summed E-state index contributed by atoms with van der Waals surface area (Å²) in [4.78, 5) is 16.3. The minimum absolute atomic E-state index is 0.0168. The van der Waals surface area contributed by atoms with Crippen molar-refractivity contribution in [3.63, 3.8) is 0 Å². The number of hydrogen-bond acceptors (Lipinski definition) is 2. The summed E-state index contributed by atoms with van der Waals surface area (Å²) in [5.41, 5.74) is 0.838. The summed E-state index contributed by atoms with van der Waals surface area (Å²) < 4.78 is 1.87. The van der Waals surface area contributed by atoms with Crippen LogP contribution in [0.4, 0.5) is 0 Å². The highest BCUT2D eigenvalue weighted by Crippen LogP contribution is 2.23. The predicted molar refractivity (Wildman–Crippen MR) is 77.0 cm³/mol. The zero-order chi connectivity index (χ0) is 13.8. The second-order valence-electron chi connectivity index (χ2n) is 4.29. The molecule has 0 spiro atoms. The van der Waals surface area contributed by atoms with Gasteiger partial charge in [0.15, 0.2) is 5.82 Å². The van der Waals surface area contributed by atoms with E-state index in [2.05, 4.69) is 11.9 Å². The summed E-state index contributed by atoms with van der Waals surface area (Å²) >= 11 is 11.8. The second-order valence-corrected chi connectivity index (χ2v) is 5.11. The fraction of sp³-hybridized carbons (Fsp3) is 0.286. The van der Waals surface area contributed by atoms with Crippen molar-refractivity contribution >= 4 is 29.0 Å². The first-order chi connectivity index (χ1) is 9.11. The number of carbonyl (C=O) groups is 1. The van der Waals surface area contributed by atoms with E-state index in [1.54, 1.807) is 24.4 Å². The maximum Gasteiger partial charge on any atom is 0.202 e. The van der Waals surface area contributed by atoms with Gasteiger partial charge in [-0.25, -0.2) is 4.98 Å². The van der Waals surface area contributed by atoms with Gasteiger partial charge in [0.1, 0.15) is 0 Å². The number of rotatable bonds is 5. The van der Waals surface area contributed by atoms with E-state index in [1.807, 2.05) is 10.8 Å². The van der Waals surface area contributed by atoms with Gasteiger partial charge >= 0.3 is 0 Å². The van der Waals surface area contributed by atoms with Crippen LogP contribution in [0, 0.1) is 0 Å². The number of aryl methyl sites for hydroxylation is 1. The Morgan fingerprint density at radius 1 is 1.32 bits per heavy atom. The highest BCUT2D eigenvalue weighted by atomic mass is 35.5. The summed E-state index contributed by atoms with van der Waals surface area (Å²) in [7, 11) is 0. The van der Waals surface area contributed by atoms with Gasteiger partial charge in [0.05, 0.1) is 10.0 Å². The van der Waals surface area contributed by atoms with Crippen LogP contribution in [0.25, 0.3) is 0 Å². The first-order valence-corrected chi connectivity index (χ1v) is 6.85. The maximum absolute atomic E-state index is 12.2. The third-order valence-corrected chi connectivity index (χ3v) is 3.52. The molecule has 2 aromatic rings. The zero-order valence-electron chi connectivity index (χ0n) is 10.6. The zero-order valence-corrected chi connectivity index (χ0v) is 12.1. The molecule has 1 heterocycles. The van der Waals surface area contributed by atoms with Crippen LogP contribution < -0.4 is 0 Å². The number of imidazole rings is 1. The quantitative estimate of drug-likeness (QED) is 0.781. The molecule has 0 aliphatic rings. The Morgan fingerprint density at radius 2 is 2.11 bits per heavy atom. The normalized spacial score (nSPS) is 10.7. The van der Waals surface area contributed by atoms with Gasteiger partial charge in [0.25, 0.3) is 0 Å². The van der Waals surface area contributed by atoms with Gasteiger partial charge < -0.3 is 4.57 Å². The largest absolute Gasteiger partial charge is 0.329 e. The third-order valence-electron chi connectivity index (χ3n) is 2.78. The lowest BCUT2D eigenvalue weighted by Crippen LogP contribution is -2.12. The van der Waals surface area contributed by atoms with E-state index in [0.717, 1.165) is 18.5 Å². The molecule has 0 fully saturated rings. The monoisotopic (exact) mass is 296 g/mol. The smallest absolute Gasteiger partial charge is 0.202 e. The van der Waals surface area contributed by atoms with Crippen molar-refractivity contribution in [2.24, 2.45) is 0 Å². The molecular weight excluding hydrogens is 283 g/mol. The van der Waals surface area contributed by atoms with E-state index in [0.29, 0.717) is 15.9 Å². The predicted octanol–water partition coefficient (Wildman–Crippen LogP) is 4.03. The lowest BCUT2D eigenvalue weighted by atomic mass is 10.1. The molecule has 3 nitrogen and oxygen atoms in total. The van der Waals surface area contributed by atoms with Gasteiger partial charge in [0, 0.05) is 25.4 Å². The van der Waals surface area contributed by atoms with Gasteiger partial charge in [0.2, 0.25) is 5.78 Å². The molecule has 0 unspecified atom stereocenters. The van der Waals surface area contributed by atoms with Crippen molar-refractivity contribution in [2.75, 3.05) is 0 Å². The second kappa shape index (κ2) is 6.22. The fourth-order valence-electron chi connectivity index (χ4n) is 1.90. The van der Waals surface area contributed by atoms with Crippen molar-refractivity contribution in [3.05, 3.63) is 52.0 Å². The number of Topliss-reactive ketones (excluding diaryl/α,β-unsaturated/α-hetero) is 1. The van der Waals surface area contributed by atoms with Gasteiger partial charge in [-0.05, 0) is 24.1 Å². The minimum atomic E-state index is -0.0168. The Labute approximate surface area is 122 Å². The number of nitrogens with zero attached hydrogens (tertiary/aromatic N) is 2. The van der Waals surface area contributed by atoms with Crippen LogP contribution in [0.2, 0.25) is 10.0 Å². The molecule has 0 bridgehead atoms. The molecule has 0 N–H and O–H groups in total. The van der Waals surface area contributed by atoms with Crippen molar-refractivity contribution in [1.29, 1.82) is 0 Å². The number of hydrogen-bond donors (Lipinski definition) is 0. The molecule has 0 aliphatic carbocycles. The lowest BCUT2D eigenvalue weighted by molar-refractivity contribution is 0.0979. The van der Waals surface area contributed by atoms with Crippen LogP contribution in [0.15, 0.2) is 30.6 Å². The molecule has 5 heteroatoms. The molecule has 0 saturated carbocycles. The molecule has 19 heavy (non-hydrogen) atoms. The summed E-state index contributed by atoms with van der Waals surface area (Å²) in [5, 5.41) is 0.953. The Bertz CT molecular complexity index is 593. The molecule has 0 amide bonds. The van der Waals surface area contributed by atoms with Crippen molar-refractivity contribution < 1.29 is 4.79 Å². The van der Waals surface area contributed by atoms with Gasteiger partial charge in [-0.3, -0.25) is 4.79 Å². The van der Waals surface area contributed by atoms with E-state index in [-0.39, 0.29) is 12.2 Å². The van der Waals surface area contributed by atoms with E-state index >= 15 is 0 Å². The molecule has 0 radical (unpaired) electrons. The van der Waals surface area contributed by atoms with Crippen molar-refractivity contribution in [1.82, 2.24) is 9.55 Å². The Kier molecular flexibility index (Phi) is 4.61. The van der Waals surface area contributed by atoms with Crippen molar-refractivity contribution in [3.8, 4) is 0 Å². The van der Waals surface area contributed by atoms with Crippen LogP contribution >= 0.6 is 23.2 Å². The molecule has 2 rings (SSSR count). The van der Waals surface area contributed by atoms with Crippen LogP contribution in [0.3, 0.4) is 0 Å². The van der Waals surface area contributed by atoms with Gasteiger partial charge in [-0.15, -0.1) is 0 Å². The van der Waals surface area contributed by atoms with Gasteiger partial charge in [-0.2, -0.15) is 0 Å². The summed E-state index contributed by atoms with van der Waals surface area (Å²) in [6, 6.07) is 5.22. The standard InChI is InChI=1S/C14H14Cl2N2O/c1-2-6-18-7-5-17-14(18)13(19)9-10-3-4-11(15)12(16)8-10/h3-5,7-8H,2,6,9H2,1H3. The van der Waals surface area contributed by atoms with E-state index in [4.69, 9.17) is 23.2 Å². The van der Waals surface area contributed by atoms with Crippen LogP contribution in [0.1, 0.15) is 29.5 Å². The SMILES string of the molecule is CCCn1ccnc1C(=O)Cc1ccc(Cl)c(Cl)c1. The number of benzene rings is 1. The van der Waals surface area contributed by atoms with E-state index < -0.39 is 0 Å². The van der Waals surface area contributed by atoms with Crippen molar-refractivity contribution in [2.45, 2.75) is 26.3 Å². The number of ketones is 1. The molecule has 1 aromatic heterocycles. The number of halogens is 2. The number of carbonyl (C=O) groups excluding carboxylic acids is 1. The molecule has 0 aliphatic heterocycles. The van der Waals surface area contributed by atoms with Gasteiger partial charge in [-0.1, -0.05) is 36.2 Å². The molecular formula is C14H14Cl2N2O. The molecule has 1 aromatic carbocycles. The summed E-state index contributed by atoms with van der Waals surface area (Å²) in [6.07, 6.45) is 4.71. The van der Waals surface area contributed by atoms with Crippen LogP contribution in [0.5, 0.6) is 0 Å². The highest BCUT2D eigenvalue weighted by molar-refractivity contribution is 6.42. The van der Waals surface area contributed by atoms with Crippen LogP contribution in [-0.4, -0.2) is 15.3 Å². The molecule has 0 atom stereocenters. The minimum Gasteiger partial charge on any atom is -0.329 e. The summed E-state index contributed by atoms with van der Waals surface area (Å²) in [6.45, 7) is 2.86. The topological polar surface area (TPSA) is 34.9 Å². The Hall–Kier alpha value is -1.32. The average molecular weight is 297 g/mol. The third kappa shape index (κ3) is 3.37. The Morgan fingerprint density at radius 3 is 2.79 bits per heavy atom.